The summed E-state index contributed by atoms with van der Waals surface area (Å²) in [5.41, 5.74) is 9.36. The summed E-state index contributed by atoms with van der Waals surface area (Å²) in [5, 5.41) is 7.08. The number of nitrogens with one attached hydrogen (secondary N) is 1. The molecule has 106 valence electrons. The molecular formula is C18H24N2. The zero-order chi connectivity index (χ0) is 15.5. The first kappa shape index (κ1) is 17.6. The molecule has 0 fully saturated rings. The van der Waals surface area contributed by atoms with Gasteiger partial charge in [0.05, 0.1) is 0 Å². The predicted octanol–water partition coefficient (Wildman–Crippen LogP) is 4.53. The van der Waals surface area contributed by atoms with Gasteiger partial charge in [-0.2, -0.15) is 0 Å². The quantitative estimate of drug-likeness (QED) is 0.470. The van der Waals surface area contributed by atoms with E-state index in [1.807, 2.05) is 69.3 Å². The van der Waals surface area contributed by atoms with Gasteiger partial charge in [-0.15, -0.1) is 0 Å². The zero-order valence-corrected chi connectivity index (χ0v) is 12.6. The second kappa shape index (κ2) is 9.56. The maximum Gasteiger partial charge on any atom is 0.122 e. The molecule has 0 aliphatic heterocycles. The lowest BCUT2D eigenvalue weighted by molar-refractivity contribution is 1.40. The number of allylic oxidation sites excluding steroid dienone is 6. The molecule has 0 aromatic heterocycles. The summed E-state index contributed by atoms with van der Waals surface area (Å²) in [7, 11) is 0. The minimum atomic E-state index is 0.125. The predicted molar refractivity (Wildman–Crippen MR) is 90.1 cm³/mol. The Labute approximate surface area is 122 Å². The second-order valence-electron chi connectivity index (χ2n) is 4.41. The van der Waals surface area contributed by atoms with Crippen molar-refractivity contribution in [3.05, 3.63) is 84.0 Å². The Morgan fingerprint density at radius 3 is 2.15 bits per heavy atom. The highest BCUT2D eigenvalue weighted by atomic mass is 14.7. The molecule has 2 nitrogen and oxygen atoms in total. The van der Waals surface area contributed by atoms with Gasteiger partial charge in [-0.05, 0) is 26.3 Å². The van der Waals surface area contributed by atoms with Crippen molar-refractivity contribution in [3.8, 4) is 0 Å². The van der Waals surface area contributed by atoms with Crippen molar-refractivity contribution in [1.29, 1.82) is 5.41 Å². The Bertz CT molecular complexity index is 517. The standard InChI is InChI=1S/C10H14.C8H10N2/c1-5-7-8-10(6-2)9(3)4;1-6-2-4-7(5-3-6)8(9)10/h5-8H,2-3H2,1,4H3;2-5H,1H3,(H3,9,10)/b7-5-,10-8+;. The van der Waals surface area contributed by atoms with E-state index in [1.54, 1.807) is 0 Å². The molecule has 0 aliphatic rings. The van der Waals surface area contributed by atoms with Crippen LogP contribution in [0.3, 0.4) is 0 Å². The molecule has 1 aromatic rings. The van der Waals surface area contributed by atoms with Crippen molar-refractivity contribution in [1.82, 2.24) is 0 Å². The Morgan fingerprint density at radius 2 is 1.80 bits per heavy atom. The molecule has 0 amide bonds. The lowest BCUT2D eigenvalue weighted by Crippen LogP contribution is -2.10. The molecule has 0 heterocycles. The SMILES string of the molecule is C=C/C(=C\C=C/C)C(=C)C.Cc1ccc(C(=N)N)cc1. The van der Waals surface area contributed by atoms with Crippen LogP contribution in [0.1, 0.15) is 25.0 Å². The number of rotatable bonds is 4. The minimum absolute atomic E-state index is 0.125. The maximum atomic E-state index is 7.08. The van der Waals surface area contributed by atoms with E-state index < -0.39 is 0 Å². The number of nitrogens with two attached hydrogens (primary N) is 1. The topological polar surface area (TPSA) is 49.9 Å². The van der Waals surface area contributed by atoms with Gasteiger partial charge in [0, 0.05) is 5.56 Å². The van der Waals surface area contributed by atoms with Crippen LogP contribution in [0.2, 0.25) is 0 Å². The van der Waals surface area contributed by atoms with E-state index in [9.17, 15) is 0 Å². The van der Waals surface area contributed by atoms with Crippen molar-refractivity contribution in [2.75, 3.05) is 0 Å². The van der Waals surface area contributed by atoms with Gasteiger partial charge < -0.3 is 5.73 Å². The number of hydrogen-bond donors (Lipinski definition) is 2. The minimum Gasteiger partial charge on any atom is -0.384 e. The normalized spacial score (nSPS) is 10.7. The molecule has 0 saturated carbocycles. The van der Waals surface area contributed by atoms with Gasteiger partial charge >= 0.3 is 0 Å². The molecule has 1 rings (SSSR count). The van der Waals surface area contributed by atoms with Gasteiger partial charge in [0.1, 0.15) is 5.84 Å². The Kier molecular flexibility index (Phi) is 8.44. The first-order chi connectivity index (χ1) is 9.42. The van der Waals surface area contributed by atoms with Crippen molar-refractivity contribution < 1.29 is 0 Å². The van der Waals surface area contributed by atoms with E-state index in [2.05, 4.69) is 13.2 Å². The van der Waals surface area contributed by atoms with E-state index in [-0.39, 0.29) is 5.84 Å². The lowest BCUT2D eigenvalue weighted by atomic mass is 10.1. The van der Waals surface area contributed by atoms with Crippen LogP contribution < -0.4 is 5.73 Å². The molecule has 0 bridgehead atoms. The van der Waals surface area contributed by atoms with Crippen LogP contribution in [0.15, 0.2) is 72.9 Å². The van der Waals surface area contributed by atoms with Gasteiger partial charge in [0.2, 0.25) is 0 Å². The van der Waals surface area contributed by atoms with E-state index >= 15 is 0 Å². The highest BCUT2D eigenvalue weighted by Gasteiger charge is 1.92. The number of aryl methyl sites for hydroxylation is 1. The van der Waals surface area contributed by atoms with Crippen LogP contribution in [0.4, 0.5) is 0 Å². The first-order valence-electron chi connectivity index (χ1n) is 6.44. The van der Waals surface area contributed by atoms with E-state index in [0.29, 0.717) is 0 Å². The molecule has 0 atom stereocenters. The summed E-state index contributed by atoms with van der Waals surface area (Å²) < 4.78 is 0. The number of amidine groups is 1. The maximum absolute atomic E-state index is 7.08. The summed E-state index contributed by atoms with van der Waals surface area (Å²) >= 11 is 0. The molecule has 0 saturated heterocycles. The number of benzene rings is 1. The molecule has 20 heavy (non-hydrogen) atoms. The molecular weight excluding hydrogens is 244 g/mol. The van der Waals surface area contributed by atoms with Crippen molar-refractivity contribution in [2.45, 2.75) is 20.8 Å². The van der Waals surface area contributed by atoms with E-state index in [1.165, 1.54) is 5.56 Å². The summed E-state index contributed by atoms with van der Waals surface area (Å²) in [5.74, 6) is 0.125. The third-order valence-corrected chi connectivity index (χ3v) is 2.54. The third-order valence-electron chi connectivity index (χ3n) is 2.54. The first-order valence-corrected chi connectivity index (χ1v) is 6.44. The van der Waals surface area contributed by atoms with Gasteiger partial charge in [0.15, 0.2) is 0 Å². The molecule has 3 N–H and O–H groups in total. The summed E-state index contributed by atoms with van der Waals surface area (Å²) in [6.45, 7) is 13.4. The van der Waals surface area contributed by atoms with Crippen molar-refractivity contribution >= 4 is 5.84 Å². The van der Waals surface area contributed by atoms with Gasteiger partial charge in [0.25, 0.3) is 0 Å². The fourth-order valence-electron chi connectivity index (χ4n) is 1.32. The van der Waals surface area contributed by atoms with Crippen LogP contribution in [-0.2, 0) is 0 Å². The Hall–Kier alpha value is -2.35. The fourth-order valence-corrected chi connectivity index (χ4v) is 1.32. The smallest absolute Gasteiger partial charge is 0.122 e. The molecule has 2 heteroatoms. The van der Waals surface area contributed by atoms with Gasteiger partial charge in [-0.3, -0.25) is 5.41 Å². The molecule has 1 aromatic carbocycles. The van der Waals surface area contributed by atoms with Crippen LogP contribution in [0, 0.1) is 12.3 Å². The van der Waals surface area contributed by atoms with Crippen molar-refractivity contribution in [3.63, 3.8) is 0 Å². The molecule has 0 aliphatic carbocycles. The summed E-state index contributed by atoms with van der Waals surface area (Å²) in [6, 6.07) is 7.57. The summed E-state index contributed by atoms with van der Waals surface area (Å²) in [6.07, 6.45) is 7.76. The van der Waals surface area contributed by atoms with Crippen LogP contribution in [0.5, 0.6) is 0 Å². The Balaban J connectivity index is 0.000000361. The third kappa shape index (κ3) is 7.17. The monoisotopic (exact) mass is 268 g/mol. The van der Waals surface area contributed by atoms with E-state index in [0.717, 1.165) is 16.7 Å². The largest absolute Gasteiger partial charge is 0.384 e. The van der Waals surface area contributed by atoms with Gasteiger partial charge in [-0.25, -0.2) is 0 Å². The molecule has 0 spiro atoms. The number of nitrogen functional groups attached to an aromatic ring is 1. The lowest BCUT2D eigenvalue weighted by Gasteiger charge is -1.96. The van der Waals surface area contributed by atoms with Crippen LogP contribution >= 0.6 is 0 Å². The van der Waals surface area contributed by atoms with Crippen molar-refractivity contribution in [2.24, 2.45) is 5.73 Å². The molecule has 0 radical (unpaired) electrons. The average Bonchev–Trinajstić information content (AvgIpc) is 2.40. The average molecular weight is 268 g/mol. The highest BCUT2D eigenvalue weighted by Crippen LogP contribution is 2.06. The van der Waals surface area contributed by atoms with E-state index in [4.69, 9.17) is 11.1 Å². The molecule has 0 unspecified atom stereocenters. The van der Waals surface area contributed by atoms with Crippen LogP contribution in [-0.4, -0.2) is 5.84 Å². The van der Waals surface area contributed by atoms with Crippen LogP contribution in [0.25, 0.3) is 0 Å². The number of hydrogen-bond acceptors (Lipinski definition) is 1. The second-order valence-corrected chi connectivity index (χ2v) is 4.41. The highest BCUT2D eigenvalue weighted by molar-refractivity contribution is 5.94. The Morgan fingerprint density at radius 1 is 1.25 bits per heavy atom. The zero-order valence-electron chi connectivity index (χ0n) is 12.6. The van der Waals surface area contributed by atoms with Gasteiger partial charge in [-0.1, -0.05) is 72.9 Å². The summed E-state index contributed by atoms with van der Waals surface area (Å²) in [4.78, 5) is 0. The fraction of sp³-hybridized carbons (Fsp3) is 0.167.